The summed E-state index contributed by atoms with van der Waals surface area (Å²) in [6.45, 7) is -0.911. The molecule has 0 saturated carbocycles. The lowest BCUT2D eigenvalue weighted by Gasteiger charge is -2.41. The average molecular weight is 350 g/mol. The summed E-state index contributed by atoms with van der Waals surface area (Å²) in [6.07, 6.45) is 0. The molecular formula is C11H12Cl4O4. The molecular weight excluding hydrogens is 338 g/mol. The fourth-order valence-electron chi connectivity index (χ4n) is 2.96. The first-order chi connectivity index (χ1) is 8.83. The minimum atomic E-state index is -1.63. The Labute approximate surface area is 130 Å². The first-order valence-corrected chi connectivity index (χ1v) is 6.83. The lowest BCUT2D eigenvalue weighted by atomic mass is 9.97. The van der Waals surface area contributed by atoms with E-state index in [4.69, 9.17) is 55.9 Å². The number of methoxy groups -OCH3 is 2. The third kappa shape index (κ3) is 1.37. The molecule has 0 radical (unpaired) electrons. The molecule has 0 amide bonds. The van der Waals surface area contributed by atoms with E-state index in [2.05, 4.69) is 0 Å². The molecule has 0 fully saturated rings. The highest BCUT2D eigenvalue weighted by Gasteiger charge is 2.80. The number of alkyl halides is 2. The van der Waals surface area contributed by atoms with Crippen molar-refractivity contribution in [2.24, 2.45) is 0 Å². The number of hydrogen-bond donors (Lipinski definition) is 2. The van der Waals surface area contributed by atoms with Crippen molar-refractivity contribution in [3.63, 3.8) is 0 Å². The van der Waals surface area contributed by atoms with Gasteiger partial charge < -0.3 is 19.7 Å². The molecule has 2 bridgehead atoms. The highest BCUT2D eigenvalue weighted by Crippen LogP contribution is 2.71. The maximum absolute atomic E-state index is 9.55. The van der Waals surface area contributed by atoms with Gasteiger partial charge in [0.2, 0.25) is 5.79 Å². The minimum absolute atomic E-state index is 0.0239. The normalized spacial score (nSPS) is 36.6. The minimum Gasteiger partial charge on any atom is -0.392 e. The van der Waals surface area contributed by atoms with E-state index in [1.807, 2.05) is 0 Å². The van der Waals surface area contributed by atoms with Gasteiger partial charge in [-0.2, -0.15) is 0 Å². The van der Waals surface area contributed by atoms with Gasteiger partial charge in [-0.15, -0.1) is 23.2 Å². The molecule has 0 aromatic carbocycles. The zero-order chi connectivity index (χ0) is 14.6. The molecule has 0 aliphatic heterocycles. The standard InChI is InChI=1S/C11H12Cl4O4/c1-18-11(19-2)9(14)5(3-16)6(4-17)10(11,15)8(13)7(9)12/h16-17H,3-4H2,1-2H3. The highest BCUT2D eigenvalue weighted by molar-refractivity contribution is 6.53. The second-order valence-corrected chi connectivity index (χ2v) is 6.13. The summed E-state index contributed by atoms with van der Waals surface area (Å²) in [4.78, 5) is -3.13. The second kappa shape index (κ2) is 4.75. The first kappa shape index (κ1) is 15.9. The molecule has 2 aliphatic carbocycles. The lowest BCUT2D eigenvalue weighted by Crippen LogP contribution is -2.58. The SMILES string of the molecule is COC1(OC)C2(Cl)C(Cl)=C(Cl)C1(Cl)C(CO)=C2CO. The largest absolute Gasteiger partial charge is 0.392 e. The van der Waals surface area contributed by atoms with E-state index in [0.717, 1.165) is 0 Å². The number of fused-ring (bicyclic) bond motifs is 2. The van der Waals surface area contributed by atoms with Crippen LogP contribution in [0.5, 0.6) is 0 Å². The predicted octanol–water partition coefficient (Wildman–Crippen LogP) is 1.93. The zero-order valence-electron chi connectivity index (χ0n) is 10.1. The molecule has 19 heavy (non-hydrogen) atoms. The third-order valence-electron chi connectivity index (χ3n) is 3.79. The summed E-state index contributed by atoms with van der Waals surface area (Å²) in [5.74, 6) is -1.63. The highest BCUT2D eigenvalue weighted by atomic mass is 35.5. The second-order valence-electron chi connectivity index (χ2n) is 4.24. The van der Waals surface area contributed by atoms with Gasteiger partial charge in [0.05, 0.1) is 23.3 Å². The summed E-state index contributed by atoms with van der Waals surface area (Å²) in [6, 6.07) is 0. The number of aliphatic hydroxyl groups excluding tert-OH is 2. The van der Waals surface area contributed by atoms with Gasteiger partial charge in [-0.05, 0) is 11.1 Å². The van der Waals surface area contributed by atoms with E-state index in [0.29, 0.717) is 0 Å². The van der Waals surface area contributed by atoms with Crippen molar-refractivity contribution in [2.75, 3.05) is 27.4 Å². The quantitative estimate of drug-likeness (QED) is 0.462. The van der Waals surface area contributed by atoms with Gasteiger partial charge in [0.1, 0.15) is 0 Å². The van der Waals surface area contributed by atoms with Crippen LogP contribution in [0.3, 0.4) is 0 Å². The Morgan fingerprint density at radius 2 is 1.21 bits per heavy atom. The van der Waals surface area contributed by atoms with E-state index in [-0.39, 0.29) is 21.2 Å². The van der Waals surface area contributed by atoms with Gasteiger partial charge in [0, 0.05) is 14.2 Å². The van der Waals surface area contributed by atoms with Crippen LogP contribution in [-0.2, 0) is 9.47 Å². The van der Waals surface area contributed by atoms with Crippen LogP contribution in [0, 0.1) is 0 Å². The molecule has 108 valence electrons. The smallest absolute Gasteiger partial charge is 0.225 e. The predicted molar refractivity (Wildman–Crippen MR) is 73.8 cm³/mol. The molecule has 8 heteroatoms. The Morgan fingerprint density at radius 1 is 0.895 bits per heavy atom. The van der Waals surface area contributed by atoms with Crippen LogP contribution in [0.25, 0.3) is 0 Å². The maximum atomic E-state index is 9.55. The number of ether oxygens (including phenoxy) is 2. The van der Waals surface area contributed by atoms with Gasteiger partial charge >= 0.3 is 0 Å². The van der Waals surface area contributed by atoms with Crippen molar-refractivity contribution in [3.05, 3.63) is 21.2 Å². The third-order valence-corrected chi connectivity index (χ3v) is 6.36. The Balaban J connectivity index is 2.84. The van der Waals surface area contributed by atoms with Crippen molar-refractivity contribution >= 4 is 46.4 Å². The Bertz CT molecular complexity index is 447. The first-order valence-electron chi connectivity index (χ1n) is 5.32. The summed E-state index contributed by atoms with van der Waals surface area (Å²) < 4.78 is 10.8. The molecule has 0 heterocycles. The van der Waals surface area contributed by atoms with Gasteiger partial charge in [0.25, 0.3) is 0 Å². The molecule has 0 aromatic heterocycles. The van der Waals surface area contributed by atoms with Crippen molar-refractivity contribution < 1.29 is 19.7 Å². The van der Waals surface area contributed by atoms with Crippen molar-refractivity contribution in [1.82, 2.24) is 0 Å². The van der Waals surface area contributed by atoms with Crippen LogP contribution < -0.4 is 0 Å². The molecule has 4 nitrogen and oxygen atoms in total. The van der Waals surface area contributed by atoms with Crippen LogP contribution in [-0.4, -0.2) is 53.2 Å². The van der Waals surface area contributed by atoms with Crippen LogP contribution in [0.1, 0.15) is 0 Å². The molecule has 0 saturated heterocycles. The van der Waals surface area contributed by atoms with Gasteiger partial charge in [-0.3, -0.25) is 0 Å². The molecule has 2 N–H and O–H groups in total. The molecule has 2 unspecified atom stereocenters. The molecule has 2 rings (SSSR count). The lowest BCUT2D eigenvalue weighted by molar-refractivity contribution is -0.215. The molecule has 2 aliphatic rings. The number of hydrogen-bond acceptors (Lipinski definition) is 4. The van der Waals surface area contributed by atoms with Gasteiger partial charge in [0.15, 0.2) is 9.75 Å². The maximum Gasteiger partial charge on any atom is 0.225 e. The van der Waals surface area contributed by atoms with Crippen molar-refractivity contribution in [1.29, 1.82) is 0 Å². The molecule has 0 aromatic rings. The van der Waals surface area contributed by atoms with Crippen LogP contribution in [0.2, 0.25) is 0 Å². The summed E-state index contributed by atoms with van der Waals surface area (Å²) >= 11 is 25.5. The van der Waals surface area contributed by atoms with Crippen molar-refractivity contribution in [2.45, 2.75) is 15.5 Å². The summed E-state index contributed by atoms with van der Waals surface area (Å²) in [5.41, 5.74) is 0.481. The van der Waals surface area contributed by atoms with Crippen molar-refractivity contribution in [3.8, 4) is 0 Å². The van der Waals surface area contributed by atoms with E-state index >= 15 is 0 Å². The van der Waals surface area contributed by atoms with E-state index in [1.165, 1.54) is 14.2 Å². The number of rotatable bonds is 4. The van der Waals surface area contributed by atoms with E-state index in [9.17, 15) is 10.2 Å². The monoisotopic (exact) mass is 348 g/mol. The zero-order valence-corrected chi connectivity index (χ0v) is 13.2. The fourth-order valence-corrected chi connectivity index (χ4v) is 5.00. The molecule has 2 atom stereocenters. The molecule has 0 spiro atoms. The summed E-state index contributed by atoms with van der Waals surface area (Å²) in [5, 5.41) is 19.1. The van der Waals surface area contributed by atoms with E-state index in [1.54, 1.807) is 0 Å². The Hall–Kier alpha value is 0.480. The van der Waals surface area contributed by atoms with Crippen LogP contribution in [0.4, 0.5) is 0 Å². The Morgan fingerprint density at radius 3 is 1.42 bits per heavy atom. The number of halogens is 4. The average Bonchev–Trinajstić information content (AvgIpc) is 2.66. The van der Waals surface area contributed by atoms with E-state index < -0.39 is 28.7 Å². The Kier molecular flexibility index (Phi) is 3.96. The topological polar surface area (TPSA) is 58.9 Å². The fraction of sp³-hybridized carbons (Fsp3) is 0.636. The number of aliphatic hydroxyl groups is 2. The van der Waals surface area contributed by atoms with Gasteiger partial charge in [-0.25, -0.2) is 0 Å². The van der Waals surface area contributed by atoms with Gasteiger partial charge in [-0.1, -0.05) is 23.2 Å². The summed E-state index contributed by atoms with van der Waals surface area (Å²) in [7, 11) is 2.68. The van der Waals surface area contributed by atoms with Crippen LogP contribution >= 0.6 is 46.4 Å². The van der Waals surface area contributed by atoms with Crippen LogP contribution in [0.15, 0.2) is 21.2 Å².